The number of imidazole rings is 1. The minimum Gasteiger partial charge on any atom is -0.493 e. The topological polar surface area (TPSA) is 26.5 Å². The molecule has 19 heavy (non-hydrogen) atoms. The van der Waals surface area contributed by atoms with E-state index in [1.807, 2.05) is 12.3 Å². The zero-order chi connectivity index (χ0) is 13.4. The van der Waals surface area contributed by atoms with Crippen molar-refractivity contribution in [3.8, 4) is 17.0 Å². The van der Waals surface area contributed by atoms with Crippen LogP contribution in [0.5, 0.6) is 5.75 Å². The fraction of sp³-hybridized carbons (Fsp3) is 0.0714. The molecule has 1 aromatic carbocycles. The van der Waals surface area contributed by atoms with Crippen LogP contribution in [0.25, 0.3) is 16.9 Å². The van der Waals surface area contributed by atoms with Crippen molar-refractivity contribution in [3.63, 3.8) is 0 Å². The quantitative estimate of drug-likeness (QED) is 0.706. The van der Waals surface area contributed by atoms with Gasteiger partial charge in [0.05, 0.1) is 12.8 Å². The molecule has 3 rings (SSSR count). The average molecular weight is 260 g/mol. The van der Waals surface area contributed by atoms with E-state index in [0.29, 0.717) is 22.7 Å². The molecule has 96 valence electrons. The van der Waals surface area contributed by atoms with Gasteiger partial charge >= 0.3 is 0 Å². The molecule has 0 saturated heterocycles. The number of aromatic nitrogens is 2. The monoisotopic (exact) mass is 260 g/mol. The van der Waals surface area contributed by atoms with E-state index in [4.69, 9.17) is 4.74 Å². The Morgan fingerprint density at radius 2 is 2.00 bits per heavy atom. The molecule has 0 unspecified atom stereocenters. The first-order valence-corrected chi connectivity index (χ1v) is 5.66. The highest BCUT2D eigenvalue weighted by Gasteiger charge is 2.10. The number of rotatable bonds is 2. The van der Waals surface area contributed by atoms with E-state index >= 15 is 0 Å². The third-order valence-corrected chi connectivity index (χ3v) is 2.88. The summed E-state index contributed by atoms with van der Waals surface area (Å²) >= 11 is 0. The molecular weight excluding hydrogens is 250 g/mol. The van der Waals surface area contributed by atoms with Crippen LogP contribution in [0.3, 0.4) is 0 Å². The second kappa shape index (κ2) is 4.35. The lowest BCUT2D eigenvalue weighted by Gasteiger charge is -1.99. The van der Waals surface area contributed by atoms with Crippen LogP contribution in [-0.2, 0) is 0 Å². The van der Waals surface area contributed by atoms with E-state index in [0.717, 1.165) is 12.1 Å². The number of fused-ring (bicyclic) bond motifs is 1. The van der Waals surface area contributed by atoms with Crippen molar-refractivity contribution in [2.24, 2.45) is 0 Å². The van der Waals surface area contributed by atoms with Gasteiger partial charge in [0, 0.05) is 18.0 Å². The number of halogens is 2. The molecule has 0 aliphatic carbocycles. The lowest BCUT2D eigenvalue weighted by Crippen LogP contribution is -1.88. The molecule has 0 N–H and O–H groups in total. The normalized spacial score (nSPS) is 10.9. The minimum atomic E-state index is -0.887. The molecule has 0 aliphatic rings. The Balaban J connectivity index is 2.17. The van der Waals surface area contributed by atoms with Crippen molar-refractivity contribution in [1.82, 2.24) is 9.38 Å². The van der Waals surface area contributed by atoms with Crippen molar-refractivity contribution in [2.45, 2.75) is 0 Å². The number of ether oxygens (including phenoxy) is 1. The van der Waals surface area contributed by atoms with Gasteiger partial charge in [-0.1, -0.05) is 0 Å². The van der Waals surface area contributed by atoms with E-state index in [-0.39, 0.29) is 0 Å². The van der Waals surface area contributed by atoms with Crippen molar-refractivity contribution in [3.05, 3.63) is 54.4 Å². The maximum atomic E-state index is 13.2. The molecule has 0 fully saturated rings. The zero-order valence-electron chi connectivity index (χ0n) is 10.1. The van der Waals surface area contributed by atoms with E-state index in [1.165, 1.54) is 6.07 Å². The summed E-state index contributed by atoms with van der Waals surface area (Å²) in [7, 11) is 1.56. The molecule has 0 saturated carbocycles. The van der Waals surface area contributed by atoms with Crippen molar-refractivity contribution < 1.29 is 13.5 Å². The second-order valence-electron chi connectivity index (χ2n) is 4.06. The number of hydrogen-bond donors (Lipinski definition) is 0. The predicted octanol–water partition coefficient (Wildman–Crippen LogP) is 3.29. The first-order valence-electron chi connectivity index (χ1n) is 5.66. The van der Waals surface area contributed by atoms with Crippen LogP contribution in [0.15, 0.2) is 42.7 Å². The Kier molecular flexibility index (Phi) is 2.67. The first-order chi connectivity index (χ1) is 9.19. The standard InChI is InChI=1S/C14H10F2N2O/c1-19-13-3-2-6-18-8-12(17-14(13)18)9-4-5-10(15)11(16)7-9/h2-8H,1H3. The number of hydrogen-bond acceptors (Lipinski definition) is 2. The highest BCUT2D eigenvalue weighted by molar-refractivity contribution is 5.66. The van der Waals surface area contributed by atoms with Crippen molar-refractivity contribution in [1.29, 1.82) is 0 Å². The van der Waals surface area contributed by atoms with Gasteiger partial charge in [-0.3, -0.25) is 0 Å². The summed E-state index contributed by atoms with van der Waals surface area (Å²) < 4.78 is 33.1. The molecule has 5 heteroatoms. The highest BCUT2D eigenvalue weighted by Crippen LogP contribution is 2.25. The van der Waals surface area contributed by atoms with Gasteiger partial charge in [0.15, 0.2) is 23.0 Å². The molecule has 0 spiro atoms. The number of methoxy groups -OCH3 is 1. The third-order valence-electron chi connectivity index (χ3n) is 2.88. The molecule has 2 heterocycles. The summed E-state index contributed by atoms with van der Waals surface area (Å²) in [5, 5.41) is 0. The molecule has 0 bridgehead atoms. The molecule has 3 nitrogen and oxygen atoms in total. The number of benzene rings is 1. The van der Waals surface area contributed by atoms with Crippen molar-refractivity contribution >= 4 is 5.65 Å². The lowest BCUT2D eigenvalue weighted by atomic mass is 10.1. The van der Waals surface area contributed by atoms with E-state index < -0.39 is 11.6 Å². The Bertz CT molecular complexity index is 752. The fourth-order valence-electron chi connectivity index (χ4n) is 1.94. The van der Waals surface area contributed by atoms with Crippen LogP contribution in [0.1, 0.15) is 0 Å². The van der Waals surface area contributed by atoms with Crippen LogP contribution in [0.2, 0.25) is 0 Å². The summed E-state index contributed by atoms with van der Waals surface area (Å²) in [4.78, 5) is 4.37. The van der Waals surface area contributed by atoms with Gasteiger partial charge in [0.25, 0.3) is 0 Å². The molecule has 0 atom stereocenters. The molecular formula is C14H10F2N2O. The van der Waals surface area contributed by atoms with Gasteiger partial charge in [-0.05, 0) is 30.3 Å². The highest BCUT2D eigenvalue weighted by atomic mass is 19.2. The van der Waals surface area contributed by atoms with Crippen molar-refractivity contribution in [2.75, 3.05) is 7.11 Å². The second-order valence-corrected chi connectivity index (χ2v) is 4.06. The Labute approximate surface area is 108 Å². The molecule has 0 amide bonds. The molecule has 2 aromatic heterocycles. The smallest absolute Gasteiger partial charge is 0.180 e. The molecule has 3 aromatic rings. The largest absolute Gasteiger partial charge is 0.493 e. The van der Waals surface area contributed by atoms with Gasteiger partial charge in [0.1, 0.15) is 0 Å². The SMILES string of the molecule is COc1cccn2cc(-c3ccc(F)c(F)c3)nc12. The maximum Gasteiger partial charge on any atom is 0.180 e. The average Bonchev–Trinajstić information content (AvgIpc) is 2.85. The summed E-state index contributed by atoms with van der Waals surface area (Å²) in [6, 6.07) is 7.32. The van der Waals surface area contributed by atoms with Gasteiger partial charge in [-0.25, -0.2) is 13.8 Å². The number of pyridine rings is 1. The van der Waals surface area contributed by atoms with Crippen LogP contribution in [0, 0.1) is 11.6 Å². The van der Waals surface area contributed by atoms with Gasteiger partial charge in [-0.15, -0.1) is 0 Å². The summed E-state index contributed by atoms with van der Waals surface area (Å²) in [6.45, 7) is 0. The fourth-order valence-corrected chi connectivity index (χ4v) is 1.94. The third kappa shape index (κ3) is 1.93. The van der Waals surface area contributed by atoms with Gasteiger partial charge < -0.3 is 9.14 Å². The van der Waals surface area contributed by atoms with Crippen LogP contribution in [0.4, 0.5) is 8.78 Å². The van der Waals surface area contributed by atoms with Crippen LogP contribution < -0.4 is 4.74 Å². The van der Waals surface area contributed by atoms with Gasteiger partial charge in [-0.2, -0.15) is 0 Å². The Morgan fingerprint density at radius 1 is 1.16 bits per heavy atom. The maximum absolute atomic E-state index is 13.2. The van der Waals surface area contributed by atoms with Gasteiger partial charge in [0.2, 0.25) is 0 Å². The molecule has 0 radical (unpaired) electrons. The molecule has 0 aliphatic heterocycles. The number of nitrogens with zero attached hydrogens (tertiary/aromatic N) is 2. The van der Waals surface area contributed by atoms with Crippen LogP contribution >= 0.6 is 0 Å². The predicted molar refractivity (Wildman–Crippen MR) is 67.1 cm³/mol. The van der Waals surface area contributed by atoms with E-state index in [1.54, 1.807) is 23.8 Å². The van der Waals surface area contributed by atoms with E-state index in [9.17, 15) is 8.78 Å². The Hall–Kier alpha value is -2.43. The lowest BCUT2D eigenvalue weighted by molar-refractivity contribution is 0.417. The van der Waals surface area contributed by atoms with Crippen LogP contribution in [-0.4, -0.2) is 16.5 Å². The Morgan fingerprint density at radius 3 is 2.74 bits per heavy atom. The van der Waals surface area contributed by atoms with E-state index in [2.05, 4.69) is 4.98 Å². The summed E-state index contributed by atoms with van der Waals surface area (Å²) in [6.07, 6.45) is 3.55. The first kappa shape index (κ1) is 11.6. The zero-order valence-corrected chi connectivity index (χ0v) is 10.1. The summed E-state index contributed by atoms with van der Waals surface area (Å²) in [5.41, 5.74) is 1.71. The minimum absolute atomic E-state index is 0.518. The summed E-state index contributed by atoms with van der Waals surface area (Å²) in [5.74, 6) is -1.14.